The zero-order chi connectivity index (χ0) is 15.1. The SMILES string of the molecule is COc1ccc(C#CCO)cc1NC(=O)c1cnccn1. The molecule has 0 aliphatic heterocycles. The number of methoxy groups -OCH3 is 1. The van der Waals surface area contributed by atoms with E-state index in [-0.39, 0.29) is 12.3 Å². The van der Waals surface area contributed by atoms with Crippen LogP contribution in [-0.4, -0.2) is 34.7 Å². The molecule has 1 aromatic carbocycles. The van der Waals surface area contributed by atoms with Gasteiger partial charge in [0, 0.05) is 18.0 Å². The fourth-order valence-electron chi connectivity index (χ4n) is 1.63. The van der Waals surface area contributed by atoms with Crippen LogP contribution in [0.4, 0.5) is 5.69 Å². The van der Waals surface area contributed by atoms with Crippen LogP contribution in [0.3, 0.4) is 0 Å². The Kier molecular flexibility index (Phi) is 4.85. The molecule has 0 fully saturated rings. The number of nitrogens with one attached hydrogen (secondary N) is 1. The van der Waals surface area contributed by atoms with Crippen molar-refractivity contribution >= 4 is 11.6 Å². The van der Waals surface area contributed by atoms with Crippen molar-refractivity contribution in [3.05, 3.63) is 48.0 Å². The predicted molar refractivity (Wildman–Crippen MR) is 76.9 cm³/mol. The first-order valence-electron chi connectivity index (χ1n) is 6.09. The van der Waals surface area contributed by atoms with Crippen molar-refractivity contribution in [1.29, 1.82) is 0 Å². The normalized spacial score (nSPS) is 9.43. The number of rotatable bonds is 3. The first-order valence-corrected chi connectivity index (χ1v) is 6.09. The number of amides is 1. The third kappa shape index (κ3) is 3.78. The largest absolute Gasteiger partial charge is 0.495 e. The van der Waals surface area contributed by atoms with Crippen LogP contribution < -0.4 is 10.1 Å². The van der Waals surface area contributed by atoms with Crippen LogP contribution in [0.1, 0.15) is 16.1 Å². The minimum absolute atomic E-state index is 0.200. The molecule has 1 amide bonds. The summed E-state index contributed by atoms with van der Waals surface area (Å²) in [6.45, 7) is -0.229. The lowest BCUT2D eigenvalue weighted by Crippen LogP contribution is -2.14. The molecule has 1 aromatic heterocycles. The molecule has 6 nitrogen and oxygen atoms in total. The molecule has 0 atom stereocenters. The summed E-state index contributed by atoms with van der Waals surface area (Å²) in [4.78, 5) is 19.8. The topological polar surface area (TPSA) is 84.3 Å². The predicted octanol–water partition coefficient (Wildman–Crippen LogP) is 1.08. The molecule has 0 radical (unpaired) electrons. The molecule has 0 saturated heterocycles. The molecule has 0 spiro atoms. The van der Waals surface area contributed by atoms with Gasteiger partial charge in [0.1, 0.15) is 18.1 Å². The number of carbonyl (C=O) groups is 1. The van der Waals surface area contributed by atoms with Gasteiger partial charge in [0.2, 0.25) is 0 Å². The molecule has 0 aliphatic rings. The maximum atomic E-state index is 12.1. The highest BCUT2D eigenvalue weighted by Gasteiger charge is 2.11. The number of aliphatic hydroxyl groups is 1. The standard InChI is InChI=1S/C15H13N3O3/c1-21-14-5-4-11(3-2-8-19)9-12(14)18-15(20)13-10-16-6-7-17-13/h4-7,9-10,19H,8H2,1H3,(H,18,20). The van der Waals surface area contributed by atoms with Crippen molar-refractivity contribution < 1.29 is 14.6 Å². The number of hydrogen-bond acceptors (Lipinski definition) is 5. The molecule has 0 saturated carbocycles. The second-order valence-electron chi connectivity index (χ2n) is 3.92. The Morgan fingerprint density at radius 2 is 2.29 bits per heavy atom. The van der Waals surface area contributed by atoms with E-state index < -0.39 is 5.91 Å². The van der Waals surface area contributed by atoms with E-state index in [0.29, 0.717) is 17.0 Å². The van der Waals surface area contributed by atoms with Crippen molar-refractivity contribution in [2.45, 2.75) is 0 Å². The highest BCUT2D eigenvalue weighted by atomic mass is 16.5. The Morgan fingerprint density at radius 1 is 1.43 bits per heavy atom. The van der Waals surface area contributed by atoms with Crippen LogP contribution in [-0.2, 0) is 0 Å². The van der Waals surface area contributed by atoms with Crippen LogP contribution in [0.2, 0.25) is 0 Å². The molecular formula is C15H13N3O3. The lowest BCUT2D eigenvalue weighted by Gasteiger charge is -2.10. The van der Waals surface area contributed by atoms with Gasteiger partial charge in [-0.3, -0.25) is 9.78 Å². The van der Waals surface area contributed by atoms with Crippen LogP contribution in [0.5, 0.6) is 5.75 Å². The van der Waals surface area contributed by atoms with Crippen LogP contribution in [0, 0.1) is 11.8 Å². The molecule has 1 heterocycles. The second kappa shape index (κ2) is 7.03. The number of anilines is 1. The van der Waals surface area contributed by atoms with E-state index >= 15 is 0 Å². The van der Waals surface area contributed by atoms with E-state index in [0.717, 1.165) is 0 Å². The van der Waals surface area contributed by atoms with Gasteiger partial charge in [-0.15, -0.1) is 0 Å². The van der Waals surface area contributed by atoms with E-state index in [9.17, 15) is 4.79 Å². The van der Waals surface area contributed by atoms with Crippen LogP contribution >= 0.6 is 0 Å². The minimum Gasteiger partial charge on any atom is -0.495 e. The van der Waals surface area contributed by atoms with Crippen molar-refractivity contribution in [1.82, 2.24) is 9.97 Å². The molecular weight excluding hydrogens is 270 g/mol. The number of aliphatic hydroxyl groups excluding tert-OH is 1. The van der Waals surface area contributed by atoms with Crippen LogP contribution in [0.15, 0.2) is 36.8 Å². The van der Waals surface area contributed by atoms with Crippen molar-refractivity contribution in [2.24, 2.45) is 0 Å². The van der Waals surface area contributed by atoms with Gasteiger partial charge >= 0.3 is 0 Å². The molecule has 106 valence electrons. The summed E-state index contributed by atoms with van der Waals surface area (Å²) in [5.74, 6) is 5.42. The van der Waals surface area contributed by atoms with E-state index in [1.165, 1.54) is 25.7 Å². The van der Waals surface area contributed by atoms with Gasteiger partial charge in [-0.25, -0.2) is 4.98 Å². The summed E-state index contributed by atoms with van der Waals surface area (Å²) in [7, 11) is 1.51. The summed E-state index contributed by atoms with van der Waals surface area (Å²) in [6, 6.07) is 5.09. The van der Waals surface area contributed by atoms with Gasteiger partial charge in [-0.2, -0.15) is 0 Å². The van der Waals surface area contributed by atoms with Gasteiger partial charge in [0.15, 0.2) is 0 Å². The Morgan fingerprint density at radius 3 is 2.95 bits per heavy atom. The zero-order valence-electron chi connectivity index (χ0n) is 11.3. The first-order chi connectivity index (χ1) is 10.2. The van der Waals surface area contributed by atoms with Crippen LogP contribution in [0.25, 0.3) is 0 Å². The van der Waals surface area contributed by atoms with E-state index in [1.54, 1.807) is 18.2 Å². The fraction of sp³-hybridized carbons (Fsp3) is 0.133. The van der Waals surface area contributed by atoms with Crippen molar-refractivity contribution in [2.75, 3.05) is 19.0 Å². The molecule has 2 aromatic rings. The van der Waals surface area contributed by atoms with Gasteiger partial charge in [-0.05, 0) is 18.2 Å². The minimum atomic E-state index is -0.395. The smallest absolute Gasteiger partial charge is 0.275 e. The highest BCUT2D eigenvalue weighted by Crippen LogP contribution is 2.25. The number of benzene rings is 1. The summed E-state index contributed by atoms with van der Waals surface area (Å²) >= 11 is 0. The van der Waals surface area contributed by atoms with E-state index in [1.807, 2.05) is 0 Å². The molecule has 21 heavy (non-hydrogen) atoms. The number of aromatic nitrogens is 2. The Hall–Kier alpha value is -2.91. The van der Waals surface area contributed by atoms with E-state index in [2.05, 4.69) is 27.1 Å². The maximum Gasteiger partial charge on any atom is 0.275 e. The van der Waals surface area contributed by atoms with Crippen molar-refractivity contribution in [3.63, 3.8) is 0 Å². The summed E-state index contributed by atoms with van der Waals surface area (Å²) in [5, 5.41) is 11.4. The average molecular weight is 283 g/mol. The number of nitrogens with zero attached hydrogens (tertiary/aromatic N) is 2. The molecule has 2 N–H and O–H groups in total. The molecule has 6 heteroatoms. The van der Waals surface area contributed by atoms with Gasteiger partial charge in [0.25, 0.3) is 5.91 Å². The van der Waals surface area contributed by atoms with Crippen molar-refractivity contribution in [3.8, 4) is 17.6 Å². The van der Waals surface area contributed by atoms with Gasteiger partial charge < -0.3 is 15.2 Å². The maximum absolute atomic E-state index is 12.1. The number of ether oxygens (including phenoxy) is 1. The number of carbonyl (C=O) groups excluding carboxylic acids is 1. The average Bonchev–Trinajstić information content (AvgIpc) is 2.54. The Bertz CT molecular complexity index is 690. The molecule has 0 aliphatic carbocycles. The molecule has 0 bridgehead atoms. The zero-order valence-corrected chi connectivity index (χ0v) is 11.3. The third-order valence-electron chi connectivity index (χ3n) is 2.56. The first kappa shape index (κ1) is 14.5. The summed E-state index contributed by atoms with van der Waals surface area (Å²) < 4.78 is 5.19. The molecule has 2 rings (SSSR count). The third-order valence-corrected chi connectivity index (χ3v) is 2.56. The second-order valence-corrected chi connectivity index (χ2v) is 3.92. The quantitative estimate of drug-likeness (QED) is 0.823. The number of hydrogen-bond donors (Lipinski definition) is 2. The fourth-order valence-corrected chi connectivity index (χ4v) is 1.63. The summed E-state index contributed by atoms with van der Waals surface area (Å²) in [6.07, 6.45) is 4.30. The highest BCUT2D eigenvalue weighted by molar-refractivity contribution is 6.03. The Labute approximate surface area is 121 Å². The molecule has 0 unspecified atom stereocenters. The summed E-state index contributed by atoms with van der Waals surface area (Å²) in [5.41, 5.74) is 1.32. The lowest BCUT2D eigenvalue weighted by atomic mass is 10.2. The van der Waals surface area contributed by atoms with Gasteiger partial charge in [-0.1, -0.05) is 11.8 Å². The monoisotopic (exact) mass is 283 g/mol. The van der Waals surface area contributed by atoms with E-state index in [4.69, 9.17) is 9.84 Å². The lowest BCUT2D eigenvalue weighted by molar-refractivity contribution is 0.102. The Balaban J connectivity index is 2.27. The van der Waals surface area contributed by atoms with Gasteiger partial charge in [0.05, 0.1) is 19.0 Å².